The summed E-state index contributed by atoms with van der Waals surface area (Å²) in [5, 5.41) is 10.5. The van der Waals surface area contributed by atoms with Gasteiger partial charge in [-0.1, -0.05) is 30.3 Å². The summed E-state index contributed by atoms with van der Waals surface area (Å²) in [6.07, 6.45) is 3.75. The average Bonchev–Trinajstić information content (AvgIpc) is 2.97. The molecule has 1 N–H and O–H groups in total. The number of aromatic amines is 1. The number of allylic oxidation sites excluding steroid dienone is 1. The molecule has 0 saturated carbocycles. The Labute approximate surface area is 123 Å². The minimum absolute atomic E-state index is 0.626. The molecule has 0 amide bonds. The van der Waals surface area contributed by atoms with Crippen LogP contribution in [0.25, 0.3) is 22.6 Å². The number of hydrogen-bond acceptors (Lipinski definition) is 2. The van der Waals surface area contributed by atoms with Crippen molar-refractivity contribution in [2.75, 3.05) is 7.11 Å². The number of ether oxygens (including phenoxy) is 1. The van der Waals surface area contributed by atoms with Gasteiger partial charge in [-0.05, 0) is 29.8 Å². The van der Waals surface area contributed by atoms with Crippen LogP contribution in [0.2, 0.25) is 0 Å². The molecule has 2 aromatic carbocycles. The van der Waals surface area contributed by atoms with E-state index in [1.54, 1.807) is 7.11 Å². The van der Waals surface area contributed by atoms with Crippen LogP contribution in [0.3, 0.4) is 0 Å². The Bertz CT molecular complexity index is 853. The Hall–Kier alpha value is -2.99. The van der Waals surface area contributed by atoms with Crippen LogP contribution in [0.5, 0.6) is 5.75 Å². The molecule has 0 radical (unpaired) electrons. The first kappa shape index (κ1) is 13.0. The van der Waals surface area contributed by atoms with Gasteiger partial charge in [-0.15, -0.1) is 0 Å². The predicted octanol–water partition coefficient (Wildman–Crippen LogP) is 4.24. The van der Waals surface area contributed by atoms with Crippen LogP contribution in [0.4, 0.5) is 0 Å². The Kier molecular flexibility index (Phi) is 3.44. The van der Waals surface area contributed by atoms with Crippen molar-refractivity contribution in [1.82, 2.24) is 4.98 Å². The largest absolute Gasteiger partial charge is 0.497 e. The summed E-state index contributed by atoms with van der Waals surface area (Å²) in [6.45, 7) is 0. The first-order valence-corrected chi connectivity index (χ1v) is 6.64. The van der Waals surface area contributed by atoms with E-state index in [-0.39, 0.29) is 0 Å². The van der Waals surface area contributed by atoms with Gasteiger partial charge in [-0.3, -0.25) is 0 Å². The number of rotatable bonds is 3. The lowest BCUT2D eigenvalue weighted by Gasteiger charge is -2.02. The van der Waals surface area contributed by atoms with Gasteiger partial charge >= 0.3 is 0 Å². The zero-order valence-electron chi connectivity index (χ0n) is 11.6. The van der Waals surface area contributed by atoms with E-state index in [4.69, 9.17) is 4.74 Å². The second-order valence-corrected chi connectivity index (χ2v) is 4.69. The minimum Gasteiger partial charge on any atom is -0.497 e. The van der Waals surface area contributed by atoms with Gasteiger partial charge in [0.25, 0.3) is 0 Å². The molecule has 0 aliphatic heterocycles. The highest BCUT2D eigenvalue weighted by molar-refractivity contribution is 6.01. The van der Waals surface area contributed by atoms with E-state index < -0.39 is 0 Å². The van der Waals surface area contributed by atoms with E-state index in [1.165, 1.54) is 0 Å². The standard InChI is InChI=1S/C18H14N2O/c1-21-15-6-4-5-13(10-15)9-14(11-19)17-12-20-18-8-3-2-7-16(17)18/h2-10,12,20H,1H3. The first-order chi connectivity index (χ1) is 10.3. The van der Waals surface area contributed by atoms with Crippen molar-refractivity contribution in [2.45, 2.75) is 0 Å². The molecular formula is C18H14N2O. The van der Waals surface area contributed by atoms with E-state index in [9.17, 15) is 5.26 Å². The average molecular weight is 274 g/mol. The van der Waals surface area contributed by atoms with Gasteiger partial charge in [0.05, 0.1) is 18.8 Å². The minimum atomic E-state index is 0.626. The number of nitrogens with zero attached hydrogens (tertiary/aromatic N) is 1. The molecule has 0 atom stereocenters. The van der Waals surface area contributed by atoms with Crippen molar-refractivity contribution >= 4 is 22.6 Å². The van der Waals surface area contributed by atoms with Crippen LogP contribution < -0.4 is 4.74 Å². The molecule has 3 rings (SSSR count). The highest BCUT2D eigenvalue weighted by Crippen LogP contribution is 2.26. The molecule has 0 unspecified atom stereocenters. The summed E-state index contributed by atoms with van der Waals surface area (Å²) in [6, 6.07) is 17.9. The van der Waals surface area contributed by atoms with Crippen molar-refractivity contribution in [3.8, 4) is 11.8 Å². The van der Waals surface area contributed by atoms with Crippen LogP contribution in [-0.4, -0.2) is 12.1 Å². The number of H-pyrrole nitrogens is 1. The van der Waals surface area contributed by atoms with Gasteiger partial charge < -0.3 is 9.72 Å². The third kappa shape index (κ3) is 2.52. The SMILES string of the molecule is COc1cccc(C=C(C#N)c2c[nH]c3ccccc23)c1. The van der Waals surface area contributed by atoms with Gasteiger partial charge in [0, 0.05) is 22.7 Å². The van der Waals surface area contributed by atoms with Crippen LogP contribution in [0.15, 0.2) is 54.7 Å². The maximum Gasteiger partial charge on any atom is 0.119 e. The molecule has 0 saturated heterocycles. The van der Waals surface area contributed by atoms with Gasteiger partial charge in [0.1, 0.15) is 5.75 Å². The molecule has 1 aromatic heterocycles. The third-order valence-corrected chi connectivity index (χ3v) is 3.40. The summed E-state index contributed by atoms with van der Waals surface area (Å²) in [4.78, 5) is 3.19. The lowest BCUT2D eigenvalue weighted by molar-refractivity contribution is 0.414. The highest BCUT2D eigenvalue weighted by Gasteiger charge is 2.08. The summed E-state index contributed by atoms with van der Waals surface area (Å²) in [5.74, 6) is 0.778. The molecule has 0 fully saturated rings. The lowest BCUT2D eigenvalue weighted by Crippen LogP contribution is -1.84. The Balaban J connectivity index is 2.09. The number of fused-ring (bicyclic) bond motifs is 1. The monoisotopic (exact) mass is 274 g/mol. The molecule has 0 spiro atoms. The molecule has 3 aromatic rings. The molecule has 0 bridgehead atoms. The number of hydrogen-bond donors (Lipinski definition) is 1. The molecule has 1 heterocycles. The van der Waals surface area contributed by atoms with E-state index in [1.807, 2.05) is 60.8 Å². The zero-order valence-corrected chi connectivity index (χ0v) is 11.6. The quantitative estimate of drug-likeness (QED) is 0.726. The fourth-order valence-corrected chi connectivity index (χ4v) is 2.36. The molecular weight excluding hydrogens is 260 g/mol. The third-order valence-electron chi connectivity index (χ3n) is 3.40. The molecule has 3 nitrogen and oxygen atoms in total. The van der Waals surface area contributed by atoms with Crippen LogP contribution >= 0.6 is 0 Å². The second-order valence-electron chi connectivity index (χ2n) is 4.69. The summed E-state index contributed by atoms with van der Waals surface area (Å²) < 4.78 is 5.21. The first-order valence-electron chi connectivity index (χ1n) is 6.64. The van der Waals surface area contributed by atoms with E-state index in [0.717, 1.165) is 27.8 Å². The number of methoxy groups -OCH3 is 1. The maximum absolute atomic E-state index is 9.48. The summed E-state index contributed by atoms with van der Waals surface area (Å²) in [7, 11) is 1.63. The maximum atomic E-state index is 9.48. The summed E-state index contributed by atoms with van der Waals surface area (Å²) in [5.41, 5.74) is 3.51. The fraction of sp³-hybridized carbons (Fsp3) is 0.0556. The fourth-order valence-electron chi connectivity index (χ4n) is 2.36. The summed E-state index contributed by atoms with van der Waals surface area (Å²) >= 11 is 0. The van der Waals surface area contributed by atoms with E-state index >= 15 is 0 Å². The smallest absolute Gasteiger partial charge is 0.119 e. The Morgan fingerprint density at radius 2 is 2.05 bits per heavy atom. The van der Waals surface area contributed by atoms with Crippen LogP contribution in [0, 0.1) is 11.3 Å². The van der Waals surface area contributed by atoms with Crippen molar-refractivity contribution in [2.24, 2.45) is 0 Å². The Morgan fingerprint density at radius 1 is 1.19 bits per heavy atom. The van der Waals surface area contributed by atoms with E-state index in [0.29, 0.717) is 5.57 Å². The zero-order chi connectivity index (χ0) is 14.7. The second kappa shape index (κ2) is 5.56. The van der Waals surface area contributed by atoms with Gasteiger partial charge in [-0.25, -0.2) is 0 Å². The number of benzene rings is 2. The number of nitrogens with one attached hydrogen (secondary N) is 1. The molecule has 0 aliphatic carbocycles. The Morgan fingerprint density at radius 3 is 2.86 bits per heavy atom. The van der Waals surface area contributed by atoms with Crippen molar-refractivity contribution in [3.63, 3.8) is 0 Å². The molecule has 0 aliphatic rings. The highest BCUT2D eigenvalue weighted by atomic mass is 16.5. The number of nitriles is 1. The normalized spacial score (nSPS) is 11.3. The van der Waals surface area contributed by atoms with Gasteiger partial charge in [-0.2, -0.15) is 5.26 Å². The van der Waals surface area contributed by atoms with E-state index in [2.05, 4.69) is 11.1 Å². The topological polar surface area (TPSA) is 48.8 Å². The molecule has 21 heavy (non-hydrogen) atoms. The molecule has 102 valence electrons. The number of aromatic nitrogens is 1. The molecule has 3 heteroatoms. The van der Waals surface area contributed by atoms with Crippen molar-refractivity contribution in [3.05, 3.63) is 65.9 Å². The van der Waals surface area contributed by atoms with Gasteiger partial charge in [0.2, 0.25) is 0 Å². The van der Waals surface area contributed by atoms with Gasteiger partial charge in [0.15, 0.2) is 0 Å². The van der Waals surface area contributed by atoms with Crippen LogP contribution in [0.1, 0.15) is 11.1 Å². The van der Waals surface area contributed by atoms with Crippen LogP contribution in [-0.2, 0) is 0 Å². The van der Waals surface area contributed by atoms with Crippen molar-refractivity contribution < 1.29 is 4.74 Å². The predicted molar refractivity (Wildman–Crippen MR) is 84.8 cm³/mol. The number of para-hydroxylation sites is 1. The van der Waals surface area contributed by atoms with Crippen molar-refractivity contribution in [1.29, 1.82) is 5.26 Å². The lowest BCUT2D eigenvalue weighted by atomic mass is 10.0.